The van der Waals surface area contributed by atoms with Crippen LogP contribution in [0.2, 0.25) is 0 Å². The van der Waals surface area contributed by atoms with E-state index in [1.54, 1.807) is 0 Å². The van der Waals surface area contributed by atoms with E-state index in [-0.39, 0.29) is 5.82 Å². The number of nitrogens with one attached hydrogen (secondary N) is 1. The first-order valence-corrected chi connectivity index (χ1v) is 5.18. The van der Waals surface area contributed by atoms with Crippen molar-refractivity contribution >= 4 is 0 Å². The minimum absolute atomic E-state index is 0.162. The van der Waals surface area contributed by atoms with E-state index < -0.39 is 0 Å². The molecule has 0 aromatic heterocycles. The molecule has 0 saturated heterocycles. The third-order valence-corrected chi connectivity index (χ3v) is 2.44. The number of hydrogen-bond donors (Lipinski definition) is 1. The van der Waals surface area contributed by atoms with Crippen molar-refractivity contribution in [2.45, 2.75) is 32.2 Å². The molecular weight excluding hydrogens is 177 g/mol. The highest BCUT2D eigenvalue weighted by Gasteiger charge is 2.05. The van der Waals surface area contributed by atoms with Gasteiger partial charge in [0.15, 0.2) is 0 Å². The predicted molar refractivity (Wildman–Crippen MR) is 57.9 cm³/mol. The molecule has 0 fully saturated rings. The zero-order valence-corrected chi connectivity index (χ0v) is 8.89. The van der Waals surface area contributed by atoms with Gasteiger partial charge in [-0.15, -0.1) is 0 Å². The monoisotopic (exact) mass is 195 g/mol. The van der Waals surface area contributed by atoms with Crippen LogP contribution >= 0.6 is 0 Å². The number of hydrogen-bond acceptors (Lipinski definition) is 1. The Labute approximate surface area is 85.3 Å². The van der Waals surface area contributed by atoms with Crippen LogP contribution in [0.3, 0.4) is 0 Å². The summed E-state index contributed by atoms with van der Waals surface area (Å²) in [4.78, 5) is 0. The number of benzene rings is 1. The van der Waals surface area contributed by atoms with Crippen LogP contribution in [0.4, 0.5) is 4.39 Å². The number of rotatable bonds is 5. The van der Waals surface area contributed by atoms with Gasteiger partial charge in [-0.3, -0.25) is 0 Å². The molecule has 0 aliphatic carbocycles. The molecule has 0 spiro atoms. The molecule has 2 heteroatoms. The topological polar surface area (TPSA) is 12.0 Å². The third kappa shape index (κ3) is 3.46. The van der Waals surface area contributed by atoms with Crippen molar-refractivity contribution in [1.29, 1.82) is 0 Å². The number of likely N-dealkylation sites (N-methyl/N-ethyl adjacent to an activating group) is 1. The summed E-state index contributed by atoms with van der Waals surface area (Å²) in [6, 6.07) is 7.26. The van der Waals surface area contributed by atoms with E-state index in [1.165, 1.54) is 24.1 Å². The molecule has 0 saturated carbocycles. The molecule has 1 atom stereocenters. The summed E-state index contributed by atoms with van der Waals surface area (Å²) in [6.07, 6.45) is 3.31. The molecule has 1 rings (SSSR count). The molecule has 1 aromatic rings. The maximum atomic E-state index is 12.6. The van der Waals surface area contributed by atoms with Crippen LogP contribution in [-0.2, 0) is 6.42 Å². The molecule has 0 bridgehead atoms. The molecule has 0 aliphatic rings. The highest BCUT2D eigenvalue weighted by molar-refractivity contribution is 5.17. The molecule has 1 aromatic carbocycles. The molecule has 1 N–H and O–H groups in total. The second-order valence-electron chi connectivity index (χ2n) is 3.60. The Balaban J connectivity index is 2.53. The Morgan fingerprint density at radius 2 is 1.93 bits per heavy atom. The standard InChI is InChI=1S/C12H18FN/c1-3-4-12(14-2)9-10-5-7-11(13)8-6-10/h5-8,12,14H,3-4,9H2,1-2H3. The van der Waals surface area contributed by atoms with E-state index in [9.17, 15) is 4.39 Å². The molecule has 1 nitrogen and oxygen atoms in total. The van der Waals surface area contributed by atoms with Gasteiger partial charge in [-0.1, -0.05) is 25.5 Å². The molecule has 1 unspecified atom stereocenters. The van der Waals surface area contributed by atoms with Gasteiger partial charge in [-0.05, 0) is 37.6 Å². The molecule has 0 radical (unpaired) electrons. The molecule has 78 valence electrons. The lowest BCUT2D eigenvalue weighted by molar-refractivity contribution is 0.513. The fourth-order valence-corrected chi connectivity index (χ4v) is 1.60. The van der Waals surface area contributed by atoms with Gasteiger partial charge >= 0.3 is 0 Å². The highest BCUT2D eigenvalue weighted by atomic mass is 19.1. The Kier molecular flexibility index (Phi) is 4.60. The summed E-state index contributed by atoms with van der Waals surface area (Å²) in [6.45, 7) is 2.18. The van der Waals surface area contributed by atoms with Crippen LogP contribution in [0.5, 0.6) is 0 Å². The van der Waals surface area contributed by atoms with Crippen molar-refractivity contribution in [3.05, 3.63) is 35.6 Å². The summed E-state index contributed by atoms with van der Waals surface area (Å²) < 4.78 is 12.6. The number of halogens is 1. The first-order chi connectivity index (χ1) is 6.76. The normalized spacial score (nSPS) is 12.8. The minimum atomic E-state index is -0.162. The summed E-state index contributed by atoms with van der Waals surface area (Å²) in [5.74, 6) is -0.162. The third-order valence-electron chi connectivity index (χ3n) is 2.44. The summed E-state index contributed by atoms with van der Waals surface area (Å²) in [5, 5.41) is 3.27. The summed E-state index contributed by atoms with van der Waals surface area (Å²) in [7, 11) is 1.98. The van der Waals surface area contributed by atoms with Gasteiger partial charge < -0.3 is 5.32 Å². The van der Waals surface area contributed by atoms with Crippen LogP contribution in [-0.4, -0.2) is 13.1 Å². The van der Waals surface area contributed by atoms with E-state index in [4.69, 9.17) is 0 Å². The largest absolute Gasteiger partial charge is 0.317 e. The van der Waals surface area contributed by atoms with E-state index in [0.29, 0.717) is 6.04 Å². The maximum absolute atomic E-state index is 12.6. The van der Waals surface area contributed by atoms with Gasteiger partial charge in [-0.2, -0.15) is 0 Å². The fourth-order valence-electron chi connectivity index (χ4n) is 1.60. The minimum Gasteiger partial charge on any atom is -0.317 e. The zero-order valence-electron chi connectivity index (χ0n) is 8.89. The van der Waals surface area contributed by atoms with Crippen LogP contribution in [0.25, 0.3) is 0 Å². The van der Waals surface area contributed by atoms with Crippen molar-refractivity contribution in [3.8, 4) is 0 Å². The van der Waals surface area contributed by atoms with Crippen molar-refractivity contribution < 1.29 is 4.39 Å². The van der Waals surface area contributed by atoms with Crippen molar-refractivity contribution in [1.82, 2.24) is 5.32 Å². The molecule has 14 heavy (non-hydrogen) atoms. The van der Waals surface area contributed by atoms with Gasteiger partial charge in [0.25, 0.3) is 0 Å². The lowest BCUT2D eigenvalue weighted by Crippen LogP contribution is -2.27. The Morgan fingerprint density at radius 3 is 2.43 bits per heavy atom. The van der Waals surface area contributed by atoms with Gasteiger partial charge in [0.05, 0.1) is 0 Å². The molecule has 0 amide bonds. The predicted octanol–water partition coefficient (Wildman–Crippen LogP) is 2.76. The lowest BCUT2D eigenvalue weighted by Gasteiger charge is -2.14. The zero-order chi connectivity index (χ0) is 10.4. The first kappa shape index (κ1) is 11.2. The lowest BCUT2D eigenvalue weighted by atomic mass is 10.0. The first-order valence-electron chi connectivity index (χ1n) is 5.18. The fraction of sp³-hybridized carbons (Fsp3) is 0.500. The van der Waals surface area contributed by atoms with Gasteiger partial charge in [0, 0.05) is 6.04 Å². The quantitative estimate of drug-likeness (QED) is 0.761. The average molecular weight is 195 g/mol. The van der Waals surface area contributed by atoms with E-state index in [1.807, 2.05) is 19.2 Å². The summed E-state index contributed by atoms with van der Waals surface area (Å²) >= 11 is 0. The highest BCUT2D eigenvalue weighted by Crippen LogP contribution is 2.08. The van der Waals surface area contributed by atoms with Gasteiger partial charge in [-0.25, -0.2) is 4.39 Å². The maximum Gasteiger partial charge on any atom is 0.123 e. The van der Waals surface area contributed by atoms with Crippen LogP contribution < -0.4 is 5.32 Å². The molecular formula is C12H18FN. The van der Waals surface area contributed by atoms with Crippen LogP contribution in [0.1, 0.15) is 25.3 Å². The van der Waals surface area contributed by atoms with E-state index in [0.717, 1.165) is 12.8 Å². The van der Waals surface area contributed by atoms with Gasteiger partial charge in [0.2, 0.25) is 0 Å². The van der Waals surface area contributed by atoms with Crippen LogP contribution in [0.15, 0.2) is 24.3 Å². The second-order valence-corrected chi connectivity index (χ2v) is 3.60. The van der Waals surface area contributed by atoms with Crippen molar-refractivity contribution in [2.24, 2.45) is 0 Å². The smallest absolute Gasteiger partial charge is 0.123 e. The Morgan fingerprint density at radius 1 is 1.29 bits per heavy atom. The van der Waals surface area contributed by atoms with Gasteiger partial charge in [0.1, 0.15) is 5.82 Å². The average Bonchev–Trinajstić information content (AvgIpc) is 2.20. The van der Waals surface area contributed by atoms with E-state index >= 15 is 0 Å². The van der Waals surface area contributed by atoms with Crippen LogP contribution in [0, 0.1) is 5.82 Å². The Hall–Kier alpha value is -0.890. The SMILES string of the molecule is CCCC(Cc1ccc(F)cc1)NC. The molecule has 0 heterocycles. The Bertz CT molecular complexity index is 256. The van der Waals surface area contributed by atoms with Crippen molar-refractivity contribution in [3.63, 3.8) is 0 Å². The van der Waals surface area contributed by atoms with E-state index in [2.05, 4.69) is 12.2 Å². The molecule has 0 aliphatic heterocycles. The summed E-state index contributed by atoms with van der Waals surface area (Å²) in [5.41, 5.74) is 1.19. The van der Waals surface area contributed by atoms with Crippen molar-refractivity contribution in [2.75, 3.05) is 7.05 Å². The second kappa shape index (κ2) is 5.76.